The number of nitriles is 1. The van der Waals surface area contributed by atoms with Crippen LogP contribution in [0, 0.1) is 11.3 Å². The quantitative estimate of drug-likeness (QED) is 0.578. The summed E-state index contributed by atoms with van der Waals surface area (Å²) in [5.41, 5.74) is -6.23. The molecule has 174 valence electrons. The molecule has 0 aliphatic carbocycles. The van der Waals surface area contributed by atoms with Gasteiger partial charge in [-0.1, -0.05) is 17.7 Å². The van der Waals surface area contributed by atoms with E-state index >= 15 is 0 Å². The zero-order chi connectivity index (χ0) is 24.6. The largest absolute Gasteiger partial charge is 0.501 e. The molecule has 0 aromatic heterocycles. The molecule has 8 nitrogen and oxygen atoms in total. The highest BCUT2D eigenvalue weighted by Crippen LogP contribution is 2.30. The van der Waals surface area contributed by atoms with E-state index in [-0.39, 0.29) is 29.5 Å². The molecule has 0 unspecified atom stereocenters. The van der Waals surface area contributed by atoms with Crippen molar-refractivity contribution < 1.29 is 40.8 Å². The van der Waals surface area contributed by atoms with E-state index in [2.05, 4.69) is 5.32 Å². The van der Waals surface area contributed by atoms with Gasteiger partial charge in [0.05, 0.1) is 22.6 Å². The van der Waals surface area contributed by atoms with E-state index < -0.39 is 38.8 Å². The Kier molecular flexibility index (Phi) is 6.68. The lowest BCUT2D eigenvalue weighted by atomic mass is 9.79. The standard InChI is InChI=1S/C19H15BClF3N2O6S/c1-18(9-25,10-31-14-7-4-12-8-32-20(28)15(12)16(14)21)26-17(27)11-2-5-13(6-3-11)33(29,30)19(22,23)24/h2-7,28H,8,10H2,1H3,(H,26,27)/t18-/m0/s1. The molecular weight excluding hydrogens is 488 g/mol. The summed E-state index contributed by atoms with van der Waals surface area (Å²) >= 11 is 6.24. The summed E-state index contributed by atoms with van der Waals surface area (Å²) in [6.45, 7) is 1.14. The Morgan fingerprint density at radius 1 is 1.30 bits per heavy atom. The zero-order valence-corrected chi connectivity index (χ0v) is 18.4. The van der Waals surface area contributed by atoms with Crippen LogP contribution in [0.3, 0.4) is 0 Å². The van der Waals surface area contributed by atoms with Crippen LogP contribution in [0.25, 0.3) is 0 Å². The molecule has 33 heavy (non-hydrogen) atoms. The first-order valence-corrected chi connectivity index (χ1v) is 11.0. The topological polar surface area (TPSA) is 126 Å². The number of rotatable bonds is 6. The lowest BCUT2D eigenvalue weighted by Crippen LogP contribution is -2.49. The fourth-order valence-electron chi connectivity index (χ4n) is 2.93. The van der Waals surface area contributed by atoms with Gasteiger partial charge in [0.25, 0.3) is 15.7 Å². The molecule has 0 saturated carbocycles. The van der Waals surface area contributed by atoms with Gasteiger partial charge in [-0.3, -0.25) is 4.79 Å². The predicted octanol–water partition coefficient (Wildman–Crippen LogP) is 1.94. The van der Waals surface area contributed by atoms with Crippen LogP contribution in [-0.4, -0.2) is 44.1 Å². The maximum absolute atomic E-state index is 12.6. The van der Waals surface area contributed by atoms with Crippen LogP contribution in [-0.2, 0) is 21.1 Å². The number of carbonyl (C=O) groups excluding carboxylic acids is 1. The number of ether oxygens (including phenoxy) is 1. The number of hydrogen-bond acceptors (Lipinski definition) is 7. The van der Waals surface area contributed by atoms with Crippen LogP contribution in [0.5, 0.6) is 5.75 Å². The first-order valence-electron chi connectivity index (χ1n) is 9.18. The van der Waals surface area contributed by atoms with Gasteiger partial charge in [-0.25, -0.2) is 8.42 Å². The molecule has 14 heteroatoms. The summed E-state index contributed by atoms with van der Waals surface area (Å²) in [5.74, 6) is -0.708. The molecule has 3 rings (SSSR count). The Labute approximate surface area is 191 Å². The van der Waals surface area contributed by atoms with E-state index in [1.165, 1.54) is 13.0 Å². The van der Waals surface area contributed by atoms with Crippen LogP contribution < -0.4 is 15.5 Å². The number of halogens is 4. The lowest BCUT2D eigenvalue weighted by molar-refractivity contribution is -0.0436. The van der Waals surface area contributed by atoms with Gasteiger partial charge in [0, 0.05) is 11.0 Å². The zero-order valence-electron chi connectivity index (χ0n) is 16.8. The number of fused-ring (bicyclic) bond motifs is 1. The molecule has 0 bridgehead atoms. The number of alkyl halides is 3. The predicted molar refractivity (Wildman–Crippen MR) is 111 cm³/mol. The smallest absolute Gasteiger partial charge is 0.488 e. The SMILES string of the molecule is C[C@](C#N)(COc1ccc2c(c1Cl)B(O)OC2)NC(=O)c1ccc(S(=O)(=O)C(F)(F)F)cc1. The second kappa shape index (κ2) is 8.87. The molecule has 2 N–H and O–H groups in total. The van der Waals surface area contributed by atoms with Crippen LogP contribution >= 0.6 is 11.6 Å². The van der Waals surface area contributed by atoms with Crippen molar-refractivity contribution in [2.75, 3.05) is 6.61 Å². The fraction of sp³-hybridized carbons (Fsp3) is 0.263. The molecule has 0 spiro atoms. The van der Waals surface area contributed by atoms with Gasteiger partial charge in [-0.05, 0) is 42.8 Å². The lowest BCUT2D eigenvalue weighted by Gasteiger charge is -2.24. The van der Waals surface area contributed by atoms with E-state index in [1.807, 2.05) is 6.07 Å². The third kappa shape index (κ3) is 4.94. The Balaban J connectivity index is 1.72. The minimum absolute atomic E-state index is 0.0885. The Morgan fingerprint density at radius 2 is 1.94 bits per heavy atom. The van der Waals surface area contributed by atoms with Crippen molar-refractivity contribution in [1.29, 1.82) is 5.26 Å². The first kappa shape index (κ1) is 24.8. The maximum Gasteiger partial charge on any atom is 0.501 e. The number of nitrogens with one attached hydrogen (secondary N) is 1. The number of amides is 1. The molecule has 0 radical (unpaired) electrons. The van der Waals surface area contributed by atoms with Crippen molar-refractivity contribution in [3.8, 4) is 11.8 Å². The Hall–Kier alpha value is -2.79. The van der Waals surface area contributed by atoms with Crippen LogP contribution in [0.1, 0.15) is 22.8 Å². The van der Waals surface area contributed by atoms with E-state index in [4.69, 9.17) is 21.0 Å². The molecule has 1 aliphatic heterocycles. The summed E-state index contributed by atoms with van der Waals surface area (Å²) in [6, 6.07) is 8.10. The Morgan fingerprint density at radius 3 is 2.52 bits per heavy atom. The molecule has 1 heterocycles. The van der Waals surface area contributed by atoms with Gasteiger partial charge in [-0.2, -0.15) is 18.4 Å². The van der Waals surface area contributed by atoms with E-state index in [1.54, 1.807) is 6.07 Å². The van der Waals surface area contributed by atoms with Gasteiger partial charge in [0.2, 0.25) is 0 Å². The molecule has 0 saturated heterocycles. The molecular formula is C19H15BClF3N2O6S. The average Bonchev–Trinajstić information content (AvgIpc) is 3.14. The number of nitrogens with zero attached hydrogens (tertiary/aromatic N) is 1. The monoisotopic (exact) mass is 502 g/mol. The van der Waals surface area contributed by atoms with E-state index in [0.29, 0.717) is 23.2 Å². The first-order chi connectivity index (χ1) is 15.3. The molecule has 2 aromatic carbocycles. The van der Waals surface area contributed by atoms with Gasteiger partial charge in [-0.15, -0.1) is 0 Å². The fourth-order valence-corrected chi connectivity index (χ4v) is 4.02. The molecule has 0 fully saturated rings. The van der Waals surface area contributed by atoms with Crippen molar-refractivity contribution in [3.63, 3.8) is 0 Å². The third-order valence-corrected chi connectivity index (χ3v) is 6.65. The van der Waals surface area contributed by atoms with Crippen molar-refractivity contribution in [2.24, 2.45) is 0 Å². The summed E-state index contributed by atoms with van der Waals surface area (Å²) < 4.78 is 71.4. The van der Waals surface area contributed by atoms with Crippen molar-refractivity contribution >= 4 is 39.9 Å². The normalized spacial score (nSPS) is 15.4. The number of sulfone groups is 1. The minimum atomic E-state index is -5.55. The average molecular weight is 503 g/mol. The maximum atomic E-state index is 12.6. The van der Waals surface area contributed by atoms with E-state index in [9.17, 15) is 36.7 Å². The summed E-state index contributed by atoms with van der Waals surface area (Å²) in [6.07, 6.45) is 0. The van der Waals surface area contributed by atoms with Crippen LogP contribution in [0.15, 0.2) is 41.3 Å². The second-order valence-corrected chi connectivity index (χ2v) is 9.59. The molecule has 1 aliphatic rings. The van der Waals surface area contributed by atoms with E-state index in [0.717, 1.165) is 12.1 Å². The van der Waals surface area contributed by atoms with Crippen LogP contribution in [0.2, 0.25) is 5.02 Å². The van der Waals surface area contributed by atoms with Crippen molar-refractivity contribution in [3.05, 3.63) is 52.5 Å². The van der Waals surface area contributed by atoms with Gasteiger partial charge < -0.3 is 19.7 Å². The number of hydrogen-bond donors (Lipinski definition) is 2. The summed E-state index contributed by atoms with van der Waals surface area (Å²) in [5, 5.41) is 21.8. The summed E-state index contributed by atoms with van der Waals surface area (Å²) in [4.78, 5) is 11.5. The molecule has 1 atom stereocenters. The van der Waals surface area contributed by atoms with Gasteiger partial charge in [0.1, 0.15) is 12.4 Å². The highest BCUT2D eigenvalue weighted by Gasteiger charge is 2.46. The molecule has 1 amide bonds. The van der Waals surface area contributed by atoms with Gasteiger partial charge in [0.15, 0.2) is 5.54 Å². The minimum Gasteiger partial charge on any atom is -0.488 e. The Bertz CT molecular complexity index is 1230. The van der Waals surface area contributed by atoms with Crippen LogP contribution in [0.4, 0.5) is 13.2 Å². The highest BCUT2D eigenvalue weighted by molar-refractivity contribution is 7.92. The highest BCUT2D eigenvalue weighted by atomic mass is 35.5. The second-order valence-electron chi connectivity index (χ2n) is 7.27. The summed E-state index contributed by atoms with van der Waals surface area (Å²) in [7, 11) is -6.77. The van der Waals surface area contributed by atoms with Gasteiger partial charge >= 0.3 is 12.6 Å². The third-order valence-electron chi connectivity index (χ3n) is 4.76. The number of carbonyl (C=O) groups is 1. The van der Waals surface area contributed by atoms with Crippen molar-refractivity contribution in [2.45, 2.75) is 29.5 Å². The molecule has 2 aromatic rings. The van der Waals surface area contributed by atoms with Crippen molar-refractivity contribution in [1.82, 2.24) is 5.32 Å². The number of benzene rings is 2.